The first kappa shape index (κ1) is 37.8. The molecule has 1 atom stereocenters. The van der Waals surface area contributed by atoms with E-state index < -0.39 is 7.14 Å². The van der Waals surface area contributed by atoms with Gasteiger partial charge >= 0.3 is 0 Å². The maximum absolute atomic E-state index is 16.9. The first-order valence-electron chi connectivity index (χ1n) is 23.5. The topological polar surface area (TPSA) is 17.1 Å². The second-order valence-electron chi connectivity index (χ2n) is 18.6. The zero-order valence-electron chi connectivity index (χ0n) is 36.9. The molecule has 314 valence electrons. The number of fused-ring (bicyclic) bond motifs is 11. The Hall–Kier alpha value is -8.35. The van der Waals surface area contributed by atoms with E-state index in [2.05, 4.69) is 231 Å². The van der Waals surface area contributed by atoms with Gasteiger partial charge < -0.3 is 4.57 Å². The lowest BCUT2D eigenvalue weighted by atomic mass is 9.86. The zero-order valence-corrected chi connectivity index (χ0v) is 37.8. The summed E-state index contributed by atoms with van der Waals surface area (Å²) in [6.45, 7) is 0. The van der Waals surface area contributed by atoms with Crippen LogP contribution in [0.5, 0.6) is 0 Å². The first-order valence-corrected chi connectivity index (χ1v) is 25.2. The largest absolute Gasteiger partial charge is 0.309 e. The van der Waals surface area contributed by atoms with E-state index in [4.69, 9.17) is 0 Å². The Balaban J connectivity index is 0.916. The van der Waals surface area contributed by atoms with Crippen LogP contribution in [0, 0.1) is 0 Å². The van der Waals surface area contributed by atoms with E-state index in [0.717, 1.165) is 65.6 Å². The Morgan fingerprint density at radius 1 is 0.250 bits per heavy atom. The lowest BCUT2D eigenvalue weighted by Crippen LogP contribution is -2.26. The van der Waals surface area contributed by atoms with Gasteiger partial charge in [0, 0.05) is 21.5 Å². The summed E-state index contributed by atoms with van der Waals surface area (Å²) in [6, 6.07) is 86.1. The minimum Gasteiger partial charge on any atom is -0.309 e. The van der Waals surface area contributed by atoms with Gasteiger partial charge in [-0.3, -0.25) is 0 Å². The van der Waals surface area contributed by atoms with E-state index in [1.54, 1.807) is 0 Å². The molecule has 1 unspecified atom stereocenters. The van der Waals surface area contributed by atoms with Crippen LogP contribution in [0.25, 0.3) is 131 Å². The molecule has 14 aromatic carbocycles. The molecule has 0 aliphatic carbocycles. The van der Waals surface area contributed by atoms with Crippen molar-refractivity contribution in [2.45, 2.75) is 0 Å². The van der Waals surface area contributed by atoms with Gasteiger partial charge in [-0.05, 0) is 149 Å². The molecule has 0 bridgehead atoms. The number of rotatable bonds is 3. The Labute approximate surface area is 392 Å². The van der Waals surface area contributed by atoms with Crippen molar-refractivity contribution in [2.24, 2.45) is 0 Å². The van der Waals surface area contributed by atoms with E-state index >= 15 is 4.57 Å². The predicted molar refractivity (Wildman–Crippen MR) is 292 cm³/mol. The molecule has 1 heterocycles. The minimum atomic E-state index is -3.47. The van der Waals surface area contributed by atoms with Crippen molar-refractivity contribution in [3.63, 3.8) is 0 Å². The molecule has 0 spiro atoms. The number of hydrogen-bond acceptors (Lipinski definition) is 1. The second kappa shape index (κ2) is 14.1. The van der Waals surface area contributed by atoms with Crippen molar-refractivity contribution in [1.82, 2.24) is 0 Å². The molecule has 0 amide bonds. The lowest BCUT2D eigenvalue weighted by Gasteiger charge is -2.23. The molecule has 1 nitrogen and oxygen atoms in total. The van der Waals surface area contributed by atoms with Crippen LogP contribution in [-0.2, 0) is 4.57 Å². The molecule has 0 N–H and O–H groups in total. The molecular formula is C66H39OP. The third-order valence-electron chi connectivity index (χ3n) is 15.1. The first-order chi connectivity index (χ1) is 33.6. The van der Waals surface area contributed by atoms with Crippen molar-refractivity contribution in [3.8, 4) is 44.5 Å². The molecule has 0 aromatic heterocycles. The zero-order chi connectivity index (χ0) is 44.7. The monoisotopic (exact) mass is 878 g/mol. The van der Waals surface area contributed by atoms with Crippen molar-refractivity contribution in [2.75, 3.05) is 0 Å². The summed E-state index contributed by atoms with van der Waals surface area (Å²) >= 11 is 0. The third kappa shape index (κ3) is 5.20. The van der Waals surface area contributed by atoms with Crippen molar-refractivity contribution in [1.29, 1.82) is 0 Å². The third-order valence-corrected chi connectivity index (χ3v) is 18.3. The maximum atomic E-state index is 16.9. The highest BCUT2D eigenvalue weighted by Gasteiger charge is 2.39. The summed E-state index contributed by atoms with van der Waals surface area (Å²) in [4.78, 5) is 0. The highest BCUT2D eigenvalue weighted by molar-refractivity contribution is 7.85. The Kier molecular flexibility index (Phi) is 7.83. The van der Waals surface area contributed by atoms with E-state index in [-0.39, 0.29) is 0 Å². The highest BCUT2D eigenvalue weighted by Crippen LogP contribution is 2.55. The summed E-state index contributed by atoms with van der Waals surface area (Å²) < 4.78 is 16.9. The second-order valence-corrected chi connectivity index (χ2v) is 21.3. The van der Waals surface area contributed by atoms with Gasteiger partial charge in [0.2, 0.25) is 0 Å². The van der Waals surface area contributed by atoms with E-state index in [0.29, 0.717) is 0 Å². The quantitative estimate of drug-likeness (QED) is 0.128. The van der Waals surface area contributed by atoms with Crippen LogP contribution < -0.4 is 15.9 Å². The van der Waals surface area contributed by atoms with Gasteiger partial charge in [-0.15, -0.1) is 0 Å². The Morgan fingerprint density at radius 3 is 1.41 bits per heavy atom. The molecular weight excluding hydrogens is 840 g/mol. The molecule has 15 rings (SSSR count). The van der Waals surface area contributed by atoms with Gasteiger partial charge in [0.25, 0.3) is 0 Å². The Morgan fingerprint density at radius 2 is 0.735 bits per heavy atom. The molecule has 0 fully saturated rings. The Bertz CT molecular complexity index is 4520. The van der Waals surface area contributed by atoms with Gasteiger partial charge in [-0.25, -0.2) is 0 Å². The normalized spacial score (nSPS) is 14.6. The van der Waals surface area contributed by atoms with Crippen molar-refractivity contribution >= 4 is 109 Å². The average molecular weight is 879 g/mol. The van der Waals surface area contributed by atoms with Gasteiger partial charge in [0.05, 0.1) is 0 Å². The fourth-order valence-electron chi connectivity index (χ4n) is 12.1. The number of benzene rings is 13. The fraction of sp³-hybridized carbons (Fsp3) is 0. The van der Waals surface area contributed by atoms with Crippen molar-refractivity contribution < 1.29 is 4.57 Å². The van der Waals surface area contributed by atoms with Crippen LogP contribution >= 0.6 is 7.14 Å². The van der Waals surface area contributed by atoms with Gasteiger partial charge in [-0.1, -0.05) is 212 Å². The average Bonchev–Trinajstić information content (AvgIpc) is 3.50. The van der Waals surface area contributed by atoms with Crippen LogP contribution in [0.4, 0.5) is 0 Å². The lowest BCUT2D eigenvalue weighted by molar-refractivity contribution is 0.592. The molecule has 0 saturated carbocycles. The predicted octanol–water partition coefficient (Wildman–Crippen LogP) is 17.0. The molecule has 14 aromatic rings. The maximum Gasteiger partial charge on any atom is 0.172 e. The summed E-state index contributed by atoms with van der Waals surface area (Å²) in [5, 5.41) is 22.5. The molecule has 1 aliphatic rings. The summed E-state index contributed by atoms with van der Waals surface area (Å²) in [7, 11) is -3.47. The van der Waals surface area contributed by atoms with Crippen LogP contribution in [0.2, 0.25) is 0 Å². The van der Waals surface area contributed by atoms with Gasteiger partial charge in [-0.2, -0.15) is 0 Å². The molecule has 0 radical (unpaired) electrons. The van der Waals surface area contributed by atoms with Crippen LogP contribution in [0.15, 0.2) is 237 Å². The smallest absolute Gasteiger partial charge is 0.172 e. The molecule has 68 heavy (non-hydrogen) atoms. The van der Waals surface area contributed by atoms with E-state index in [1.807, 2.05) is 6.07 Å². The number of hydrogen-bond donors (Lipinski definition) is 0. The summed E-state index contributed by atoms with van der Waals surface area (Å²) in [5.41, 5.74) is 8.79. The standard InChI is InChI=1S/C66H39OP/c67-68(59-24-6-5-20-53(59)57-35-33-42-11-1-3-18-51(42)65(57)66-52-19-4-2-12-43(52)34-36-60(66)68)50-17-7-16-47(38-50)40-25-27-41(28-26-40)49-37-48-32-31-46-14-9-22-55-54-21-8-13-44-29-30-45-15-10-23-56(63(45)61(44)54)58(39-49)64(48)62(46)55/h1-39H. The van der Waals surface area contributed by atoms with E-state index in [1.165, 1.54) is 81.0 Å². The highest BCUT2D eigenvalue weighted by atomic mass is 31.2. The molecule has 0 saturated heterocycles. The van der Waals surface area contributed by atoms with Crippen molar-refractivity contribution in [3.05, 3.63) is 237 Å². The fourth-order valence-corrected chi connectivity index (χ4v) is 15.2. The SMILES string of the molecule is O=P1(c2cccc(-c3ccc(-c4cc5ccc6cccc7c8cccc9ccc%10cccc(c(c4)c5c67)c%10c98)cc3)c2)c2ccccc2-c2ccc3ccccc3c2-c2c1ccc1ccccc21. The van der Waals surface area contributed by atoms with Gasteiger partial charge in [0.1, 0.15) is 0 Å². The molecule has 1 aliphatic heterocycles. The van der Waals surface area contributed by atoms with Crippen LogP contribution in [-0.4, -0.2) is 0 Å². The summed E-state index contributed by atoms with van der Waals surface area (Å²) in [6.07, 6.45) is 0. The van der Waals surface area contributed by atoms with Crippen LogP contribution in [0.1, 0.15) is 0 Å². The minimum absolute atomic E-state index is 0.832. The van der Waals surface area contributed by atoms with Gasteiger partial charge in [0.15, 0.2) is 7.14 Å². The van der Waals surface area contributed by atoms with E-state index in [9.17, 15) is 0 Å². The molecule has 2 heteroatoms. The summed E-state index contributed by atoms with van der Waals surface area (Å²) in [5.74, 6) is 0. The van der Waals surface area contributed by atoms with Crippen LogP contribution in [0.3, 0.4) is 0 Å².